The Morgan fingerprint density at radius 1 is 1.16 bits per heavy atom. The van der Waals surface area contributed by atoms with Crippen molar-refractivity contribution in [3.63, 3.8) is 0 Å². The summed E-state index contributed by atoms with van der Waals surface area (Å²) < 4.78 is 20.1. The Balaban J connectivity index is 2.71. The van der Waals surface area contributed by atoms with Gasteiger partial charge >= 0.3 is 17.9 Å². The molecule has 1 aliphatic rings. The molecule has 0 aromatic heterocycles. The van der Waals surface area contributed by atoms with Crippen LogP contribution in [0.1, 0.15) is 20.8 Å². The molecule has 0 aromatic rings. The molecule has 0 aromatic carbocycles. The molecule has 1 rings (SSSR count). The molecule has 7 nitrogen and oxygen atoms in total. The lowest BCUT2D eigenvalue weighted by Crippen LogP contribution is -2.40. The first kappa shape index (κ1) is 15.0. The van der Waals surface area contributed by atoms with E-state index in [4.69, 9.17) is 18.9 Å². The standard InChI is InChI=1S/C12H16O7/c1-7(13)16-5-10-4-11(18-8(2)14)12(6-17-10)19-9(3)15/h4,11-12H,5-6H2,1-3H3/t11-,12+/m0/s1. The van der Waals surface area contributed by atoms with Crippen molar-refractivity contribution in [2.45, 2.75) is 33.0 Å². The topological polar surface area (TPSA) is 88.1 Å². The predicted octanol–water partition coefficient (Wildman–Crippen LogP) is 0.327. The number of ether oxygens (including phenoxy) is 4. The van der Waals surface area contributed by atoms with Gasteiger partial charge in [-0.2, -0.15) is 0 Å². The average molecular weight is 272 g/mol. The monoisotopic (exact) mass is 272 g/mol. The Labute approximate surface area is 110 Å². The Morgan fingerprint density at radius 2 is 1.79 bits per heavy atom. The molecule has 2 atom stereocenters. The second-order valence-corrected chi connectivity index (χ2v) is 3.95. The molecular weight excluding hydrogens is 256 g/mol. The largest absolute Gasteiger partial charge is 0.490 e. The molecule has 0 aliphatic carbocycles. The van der Waals surface area contributed by atoms with E-state index in [1.165, 1.54) is 26.8 Å². The van der Waals surface area contributed by atoms with Gasteiger partial charge in [-0.05, 0) is 0 Å². The van der Waals surface area contributed by atoms with Crippen LogP contribution in [-0.2, 0) is 33.3 Å². The fourth-order valence-corrected chi connectivity index (χ4v) is 1.50. The molecule has 0 N–H and O–H groups in total. The summed E-state index contributed by atoms with van der Waals surface area (Å²) in [5, 5.41) is 0. The van der Waals surface area contributed by atoms with Crippen LogP contribution in [0.2, 0.25) is 0 Å². The first-order valence-electron chi connectivity index (χ1n) is 5.69. The van der Waals surface area contributed by atoms with Crippen molar-refractivity contribution in [1.82, 2.24) is 0 Å². The fourth-order valence-electron chi connectivity index (χ4n) is 1.50. The molecule has 19 heavy (non-hydrogen) atoms. The number of hydrogen-bond donors (Lipinski definition) is 0. The molecule has 0 saturated heterocycles. The number of esters is 3. The average Bonchev–Trinajstić information content (AvgIpc) is 2.28. The number of carbonyl (C=O) groups excluding carboxylic acids is 3. The normalized spacial score (nSPS) is 21.7. The van der Waals surface area contributed by atoms with Crippen molar-refractivity contribution >= 4 is 17.9 Å². The Kier molecular flexibility index (Phi) is 5.35. The molecule has 7 heteroatoms. The Bertz CT molecular complexity index is 399. The molecule has 0 spiro atoms. The van der Waals surface area contributed by atoms with Crippen LogP contribution in [0.4, 0.5) is 0 Å². The van der Waals surface area contributed by atoms with E-state index in [1.807, 2.05) is 0 Å². The zero-order valence-electron chi connectivity index (χ0n) is 11.0. The number of carbonyl (C=O) groups is 3. The third kappa shape index (κ3) is 5.41. The third-order valence-corrected chi connectivity index (χ3v) is 2.19. The Hall–Kier alpha value is -2.05. The van der Waals surface area contributed by atoms with Crippen LogP contribution in [0.3, 0.4) is 0 Å². The Morgan fingerprint density at radius 3 is 2.32 bits per heavy atom. The number of hydrogen-bond acceptors (Lipinski definition) is 7. The van der Waals surface area contributed by atoms with Crippen LogP contribution in [-0.4, -0.2) is 43.3 Å². The second-order valence-electron chi connectivity index (χ2n) is 3.95. The van der Waals surface area contributed by atoms with E-state index >= 15 is 0 Å². The first-order chi connectivity index (χ1) is 8.88. The first-order valence-corrected chi connectivity index (χ1v) is 5.69. The van der Waals surface area contributed by atoms with Crippen LogP contribution in [0, 0.1) is 0 Å². The molecule has 0 amide bonds. The maximum Gasteiger partial charge on any atom is 0.303 e. The highest BCUT2D eigenvalue weighted by atomic mass is 16.6. The molecule has 1 heterocycles. The van der Waals surface area contributed by atoms with Crippen LogP contribution in [0.5, 0.6) is 0 Å². The van der Waals surface area contributed by atoms with E-state index < -0.39 is 30.1 Å². The minimum atomic E-state index is -0.749. The molecule has 0 fully saturated rings. The fraction of sp³-hybridized carbons (Fsp3) is 0.583. The molecule has 0 bridgehead atoms. The highest BCUT2D eigenvalue weighted by Gasteiger charge is 2.31. The van der Waals surface area contributed by atoms with Crippen molar-refractivity contribution in [3.05, 3.63) is 11.8 Å². The molecule has 1 aliphatic heterocycles. The van der Waals surface area contributed by atoms with Gasteiger partial charge in [-0.15, -0.1) is 0 Å². The lowest BCUT2D eigenvalue weighted by Gasteiger charge is -2.29. The van der Waals surface area contributed by atoms with Gasteiger partial charge < -0.3 is 18.9 Å². The summed E-state index contributed by atoms with van der Waals surface area (Å²) in [5.74, 6) is -1.10. The van der Waals surface area contributed by atoms with E-state index in [9.17, 15) is 14.4 Å². The van der Waals surface area contributed by atoms with Gasteiger partial charge in [-0.1, -0.05) is 0 Å². The van der Waals surface area contributed by atoms with Gasteiger partial charge in [0.25, 0.3) is 0 Å². The van der Waals surface area contributed by atoms with Crippen LogP contribution in [0.15, 0.2) is 11.8 Å². The summed E-state index contributed by atoms with van der Waals surface area (Å²) in [7, 11) is 0. The van der Waals surface area contributed by atoms with Gasteiger partial charge in [0.05, 0.1) is 0 Å². The smallest absolute Gasteiger partial charge is 0.303 e. The summed E-state index contributed by atoms with van der Waals surface area (Å²) in [5.41, 5.74) is 0. The zero-order valence-corrected chi connectivity index (χ0v) is 11.0. The van der Waals surface area contributed by atoms with Crippen molar-refractivity contribution in [1.29, 1.82) is 0 Å². The van der Waals surface area contributed by atoms with Gasteiger partial charge in [0.2, 0.25) is 0 Å². The van der Waals surface area contributed by atoms with Gasteiger partial charge in [0.15, 0.2) is 12.2 Å². The van der Waals surface area contributed by atoms with E-state index in [2.05, 4.69) is 0 Å². The molecule has 0 saturated carbocycles. The van der Waals surface area contributed by atoms with E-state index in [0.29, 0.717) is 5.76 Å². The zero-order chi connectivity index (χ0) is 14.4. The van der Waals surface area contributed by atoms with Crippen molar-refractivity contribution in [2.75, 3.05) is 13.2 Å². The molecule has 0 radical (unpaired) electrons. The molecular formula is C12H16O7. The minimum Gasteiger partial charge on any atom is -0.490 e. The lowest BCUT2D eigenvalue weighted by atomic mass is 10.1. The highest BCUT2D eigenvalue weighted by molar-refractivity contribution is 5.68. The summed E-state index contributed by atoms with van der Waals surface area (Å²) in [6.45, 7) is 3.75. The summed E-state index contributed by atoms with van der Waals surface area (Å²) >= 11 is 0. The second kappa shape index (κ2) is 6.77. The van der Waals surface area contributed by atoms with Crippen molar-refractivity contribution in [2.24, 2.45) is 0 Å². The molecule has 106 valence electrons. The van der Waals surface area contributed by atoms with Gasteiger partial charge in [0.1, 0.15) is 19.0 Å². The van der Waals surface area contributed by atoms with Crippen LogP contribution < -0.4 is 0 Å². The predicted molar refractivity (Wildman–Crippen MR) is 61.8 cm³/mol. The highest BCUT2D eigenvalue weighted by Crippen LogP contribution is 2.18. The van der Waals surface area contributed by atoms with Crippen LogP contribution >= 0.6 is 0 Å². The van der Waals surface area contributed by atoms with Crippen molar-refractivity contribution in [3.8, 4) is 0 Å². The van der Waals surface area contributed by atoms with Gasteiger partial charge in [0, 0.05) is 26.8 Å². The summed E-state index contributed by atoms with van der Waals surface area (Å²) in [6, 6.07) is 0. The maximum absolute atomic E-state index is 11.0. The summed E-state index contributed by atoms with van der Waals surface area (Å²) in [6.07, 6.45) is 0.00439. The lowest BCUT2D eigenvalue weighted by molar-refractivity contribution is -0.167. The SMILES string of the molecule is CC(=O)OCC1=C[C@H](OC(C)=O)[C@H](OC(C)=O)CO1. The quantitative estimate of drug-likeness (QED) is 0.538. The summed E-state index contributed by atoms with van der Waals surface area (Å²) in [4.78, 5) is 32.6. The number of rotatable bonds is 4. The van der Waals surface area contributed by atoms with E-state index in [0.717, 1.165) is 0 Å². The van der Waals surface area contributed by atoms with Crippen LogP contribution in [0.25, 0.3) is 0 Å². The maximum atomic E-state index is 11.0. The van der Waals surface area contributed by atoms with Gasteiger partial charge in [-0.25, -0.2) is 0 Å². The van der Waals surface area contributed by atoms with E-state index in [-0.39, 0.29) is 13.2 Å². The van der Waals surface area contributed by atoms with E-state index in [1.54, 1.807) is 0 Å². The minimum absolute atomic E-state index is 0.0324. The third-order valence-electron chi connectivity index (χ3n) is 2.19. The van der Waals surface area contributed by atoms with Gasteiger partial charge in [-0.3, -0.25) is 14.4 Å². The van der Waals surface area contributed by atoms with Crippen molar-refractivity contribution < 1.29 is 33.3 Å². The molecule has 0 unspecified atom stereocenters.